The van der Waals surface area contributed by atoms with Crippen LogP contribution in [-0.2, 0) is 6.54 Å². The highest BCUT2D eigenvalue weighted by Crippen LogP contribution is 2.28. The maximum absolute atomic E-state index is 5.51. The van der Waals surface area contributed by atoms with Gasteiger partial charge in [-0.2, -0.15) is 0 Å². The van der Waals surface area contributed by atoms with Crippen LogP contribution in [0.3, 0.4) is 0 Å². The van der Waals surface area contributed by atoms with Gasteiger partial charge in [-0.25, -0.2) is 14.5 Å². The highest BCUT2D eigenvalue weighted by molar-refractivity contribution is 5.94. The summed E-state index contributed by atoms with van der Waals surface area (Å²) in [7, 11) is 0. The van der Waals surface area contributed by atoms with Crippen molar-refractivity contribution in [3.05, 3.63) is 66.3 Å². The molecule has 0 unspecified atom stereocenters. The fourth-order valence-corrected chi connectivity index (χ4v) is 3.31. The topological polar surface area (TPSA) is 74.0 Å². The van der Waals surface area contributed by atoms with Crippen molar-refractivity contribution in [3.63, 3.8) is 0 Å². The second-order valence-corrected chi connectivity index (χ2v) is 6.26. The standard InChI is InChI=1S/C19H16N6O/c1-12-13(2)24(10-15-4-3-9-26-15)18-16(12)19-22-17(23-25(19)11-21-18)14-5-7-20-8-6-14/h3-9,11H,10H2,1-2H3. The molecule has 5 heterocycles. The lowest BCUT2D eigenvalue weighted by molar-refractivity contribution is 0.494. The first-order valence-corrected chi connectivity index (χ1v) is 8.36. The first kappa shape index (κ1) is 14.8. The first-order valence-electron chi connectivity index (χ1n) is 8.36. The molecule has 0 N–H and O–H groups in total. The predicted molar refractivity (Wildman–Crippen MR) is 96.8 cm³/mol. The lowest BCUT2D eigenvalue weighted by Crippen LogP contribution is -2.02. The van der Waals surface area contributed by atoms with E-state index >= 15 is 0 Å². The van der Waals surface area contributed by atoms with Crippen LogP contribution in [0.2, 0.25) is 0 Å². The number of furan rings is 1. The fourth-order valence-electron chi connectivity index (χ4n) is 3.31. The minimum Gasteiger partial charge on any atom is -0.467 e. The van der Waals surface area contributed by atoms with Gasteiger partial charge >= 0.3 is 0 Å². The van der Waals surface area contributed by atoms with Crippen LogP contribution in [0.15, 0.2) is 53.7 Å². The van der Waals surface area contributed by atoms with Crippen LogP contribution in [0.5, 0.6) is 0 Å². The van der Waals surface area contributed by atoms with E-state index < -0.39 is 0 Å². The summed E-state index contributed by atoms with van der Waals surface area (Å²) >= 11 is 0. The molecule has 0 atom stereocenters. The molecule has 128 valence electrons. The molecule has 7 heteroatoms. The summed E-state index contributed by atoms with van der Waals surface area (Å²) in [5.41, 5.74) is 4.92. The quantitative estimate of drug-likeness (QED) is 0.501. The zero-order valence-electron chi connectivity index (χ0n) is 14.4. The van der Waals surface area contributed by atoms with Crippen molar-refractivity contribution in [1.82, 2.24) is 29.1 Å². The van der Waals surface area contributed by atoms with Crippen LogP contribution in [0, 0.1) is 13.8 Å². The molecule has 0 fully saturated rings. The number of fused-ring (bicyclic) bond motifs is 3. The number of nitrogens with zero attached hydrogens (tertiary/aromatic N) is 6. The van der Waals surface area contributed by atoms with Gasteiger partial charge in [0.25, 0.3) is 0 Å². The molecule has 0 aromatic carbocycles. The maximum atomic E-state index is 5.51. The molecular weight excluding hydrogens is 328 g/mol. The Balaban J connectivity index is 1.74. The van der Waals surface area contributed by atoms with Crippen molar-refractivity contribution in [2.24, 2.45) is 0 Å². The Morgan fingerprint density at radius 2 is 1.92 bits per heavy atom. The molecule has 5 aromatic heterocycles. The van der Waals surface area contributed by atoms with E-state index in [4.69, 9.17) is 9.40 Å². The highest BCUT2D eigenvalue weighted by atomic mass is 16.3. The van der Waals surface area contributed by atoms with Gasteiger partial charge in [0.1, 0.15) is 17.7 Å². The largest absolute Gasteiger partial charge is 0.467 e. The minimum atomic E-state index is 0.637. The number of pyridine rings is 1. The molecule has 5 aromatic rings. The lowest BCUT2D eigenvalue weighted by atomic mass is 10.2. The van der Waals surface area contributed by atoms with Crippen LogP contribution in [0.4, 0.5) is 0 Å². The van der Waals surface area contributed by atoms with Gasteiger partial charge < -0.3 is 8.98 Å². The maximum Gasteiger partial charge on any atom is 0.182 e. The molecule has 0 bridgehead atoms. The summed E-state index contributed by atoms with van der Waals surface area (Å²) in [5, 5.41) is 5.59. The van der Waals surface area contributed by atoms with Crippen molar-refractivity contribution < 1.29 is 4.42 Å². The minimum absolute atomic E-state index is 0.637. The van der Waals surface area contributed by atoms with Crippen molar-refractivity contribution in [3.8, 4) is 11.4 Å². The van der Waals surface area contributed by atoms with Crippen LogP contribution < -0.4 is 0 Å². The monoisotopic (exact) mass is 344 g/mol. The Labute approximate surface area is 149 Å². The van der Waals surface area contributed by atoms with E-state index in [1.165, 1.54) is 0 Å². The molecular formula is C19H16N6O. The molecule has 0 amide bonds. The van der Waals surface area contributed by atoms with Crippen LogP contribution >= 0.6 is 0 Å². The molecule has 26 heavy (non-hydrogen) atoms. The summed E-state index contributed by atoms with van der Waals surface area (Å²) < 4.78 is 9.41. The third-order valence-corrected chi connectivity index (χ3v) is 4.78. The number of rotatable bonds is 3. The van der Waals surface area contributed by atoms with Crippen molar-refractivity contribution in [2.75, 3.05) is 0 Å². The molecule has 0 saturated heterocycles. The lowest BCUT2D eigenvalue weighted by Gasteiger charge is -2.05. The van der Waals surface area contributed by atoms with Crippen molar-refractivity contribution in [1.29, 1.82) is 0 Å². The average Bonchev–Trinajstić information content (AvgIpc) is 3.38. The first-order chi connectivity index (χ1) is 12.7. The molecule has 0 radical (unpaired) electrons. The number of hydrogen-bond donors (Lipinski definition) is 0. The normalized spacial score (nSPS) is 11.6. The van der Waals surface area contributed by atoms with Gasteiger partial charge in [0, 0.05) is 23.7 Å². The van der Waals surface area contributed by atoms with Crippen LogP contribution in [0.1, 0.15) is 17.0 Å². The number of hydrogen-bond acceptors (Lipinski definition) is 5. The van der Waals surface area contributed by atoms with E-state index in [-0.39, 0.29) is 0 Å². The second kappa shape index (κ2) is 5.52. The molecule has 0 saturated carbocycles. The van der Waals surface area contributed by atoms with E-state index in [1.54, 1.807) is 29.5 Å². The summed E-state index contributed by atoms with van der Waals surface area (Å²) in [5.74, 6) is 1.56. The summed E-state index contributed by atoms with van der Waals surface area (Å²) in [6, 6.07) is 7.67. The highest BCUT2D eigenvalue weighted by Gasteiger charge is 2.19. The average molecular weight is 344 g/mol. The van der Waals surface area contributed by atoms with Gasteiger partial charge in [-0.3, -0.25) is 4.98 Å². The number of aryl methyl sites for hydroxylation is 1. The molecule has 0 aliphatic carbocycles. The van der Waals surface area contributed by atoms with E-state index in [1.807, 2.05) is 24.3 Å². The van der Waals surface area contributed by atoms with Gasteiger partial charge in [0.15, 0.2) is 11.5 Å². The molecule has 7 nitrogen and oxygen atoms in total. The van der Waals surface area contributed by atoms with Gasteiger partial charge in [-0.05, 0) is 43.7 Å². The SMILES string of the molecule is Cc1c(C)n(Cc2ccco2)c2ncn3nc(-c4ccncc4)nc3c12. The summed E-state index contributed by atoms with van der Waals surface area (Å²) in [6.45, 7) is 4.83. The Kier molecular flexibility index (Phi) is 3.15. The molecule has 0 spiro atoms. The third-order valence-electron chi connectivity index (χ3n) is 4.78. The van der Waals surface area contributed by atoms with Gasteiger partial charge in [-0.1, -0.05) is 0 Å². The smallest absolute Gasteiger partial charge is 0.182 e. The third kappa shape index (κ3) is 2.13. The van der Waals surface area contributed by atoms with Crippen molar-refractivity contribution >= 4 is 16.7 Å². The van der Waals surface area contributed by atoms with E-state index in [0.29, 0.717) is 12.4 Å². The van der Waals surface area contributed by atoms with E-state index in [0.717, 1.165) is 39.3 Å². The van der Waals surface area contributed by atoms with Crippen LogP contribution in [0.25, 0.3) is 28.1 Å². The second-order valence-electron chi connectivity index (χ2n) is 6.26. The summed E-state index contributed by atoms with van der Waals surface area (Å²) in [6.07, 6.45) is 6.88. The van der Waals surface area contributed by atoms with Crippen molar-refractivity contribution in [2.45, 2.75) is 20.4 Å². The Morgan fingerprint density at radius 3 is 2.69 bits per heavy atom. The summed E-state index contributed by atoms with van der Waals surface area (Å²) in [4.78, 5) is 13.5. The van der Waals surface area contributed by atoms with Gasteiger partial charge in [0.05, 0.1) is 18.2 Å². The van der Waals surface area contributed by atoms with Gasteiger partial charge in [-0.15, -0.1) is 5.10 Å². The zero-order valence-corrected chi connectivity index (χ0v) is 14.4. The molecule has 5 rings (SSSR count). The molecule has 0 aliphatic rings. The van der Waals surface area contributed by atoms with Gasteiger partial charge in [0.2, 0.25) is 0 Å². The van der Waals surface area contributed by atoms with Crippen LogP contribution in [-0.4, -0.2) is 29.1 Å². The fraction of sp³-hybridized carbons (Fsp3) is 0.158. The predicted octanol–water partition coefficient (Wildman–Crippen LogP) is 3.40. The zero-order chi connectivity index (χ0) is 17.7. The Hall–Kier alpha value is -3.48. The number of aromatic nitrogens is 6. The Morgan fingerprint density at radius 1 is 1.08 bits per heavy atom. The molecule has 0 aliphatic heterocycles. The van der Waals surface area contributed by atoms with E-state index in [9.17, 15) is 0 Å². The van der Waals surface area contributed by atoms with E-state index in [2.05, 4.69) is 33.5 Å². The Bertz CT molecular complexity index is 1220.